The van der Waals surface area contributed by atoms with Crippen LogP contribution in [-0.2, 0) is 9.53 Å². The molecule has 1 aromatic rings. The van der Waals surface area contributed by atoms with E-state index in [1.165, 1.54) is 19.6 Å². The van der Waals surface area contributed by atoms with E-state index >= 15 is 0 Å². The molecule has 0 aromatic heterocycles. The molecule has 1 fully saturated rings. The molecule has 1 aliphatic carbocycles. The van der Waals surface area contributed by atoms with Gasteiger partial charge in [0.15, 0.2) is 5.75 Å². The second-order valence-electron chi connectivity index (χ2n) is 5.02. The van der Waals surface area contributed by atoms with Crippen molar-refractivity contribution in [2.75, 3.05) is 12.4 Å². The minimum atomic E-state index is -0.628. The molecule has 0 saturated heterocycles. The number of hydrogen-bond acceptors (Lipinski definition) is 4. The number of anilines is 1. The molecule has 2 N–H and O–H groups in total. The number of hydrogen-bond donors (Lipinski definition) is 2. The summed E-state index contributed by atoms with van der Waals surface area (Å²) in [6, 6.07) is 4.63. The Morgan fingerprint density at radius 3 is 2.60 bits per heavy atom. The molecule has 5 nitrogen and oxygen atoms in total. The van der Waals surface area contributed by atoms with E-state index in [0.717, 1.165) is 25.7 Å². The van der Waals surface area contributed by atoms with Crippen molar-refractivity contribution in [3.05, 3.63) is 23.8 Å². The van der Waals surface area contributed by atoms with Crippen molar-refractivity contribution >= 4 is 17.6 Å². The Morgan fingerprint density at radius 1 is 1.25 bits per heavy atom. The average molecular weight is 277 g/mol. The average Bonchev–Trinajstić information content (AvgIpc) is 2.49. The number of rotatable bonds is 3. The molecule has 0 aliphatic heterocycles. The smallest absolute Gasteiger partial charge is 0.341 e. The quantitative estimate of drug-likeness (QED) is 0.658. The van der Waals surface area contributed by atoms with Gasteiger partial charge in [0.25, 0.3) is 0 Å². The van der Waals surface area contributed by atoms with Gasteiger partial charge >= 0.3 is 5.97 Å². The lowest BCUT2D eigenvalue weighted by Crippen LogP contribution is -2.24. The van der Waals surface area contributed by atoms with Crippen LogP contribution >= 0.6 is 0 Å². The van der Waals surface area contributed by atoms with Gasteiger partial charge in [-0.05, 0) is 25.0 Å². The number of para-hydroxylation sites is 1. The molecule has 0 unspecified atom stereocenters. The zero-order valence-electron chi connectivity index (χ0n) is 11.5. The molecule has 0 spiro atoms. The Labute approximate surface area is 117 Å². The first-order valence-corrected chi connectivity index (χ1v) is 6.84. The fourth-order valence-corrected chi connectivity index (χ4v) is 2.52. The molecule has 5 heteroatoms. The number of aromatic hydroxyl groups is 1. The van der Waals surface area contributed by atoms with E-state index in [-0.39, 0.29) is 28.8 Å². The number of methoxy groups -OCH3 is 1. The van der Waals surface area contributed by atoms with Gasteiger partial charge in [-0.2, -0.15) is 0 Å². The van der Waals surface area contributed by atoms with E-state index in [1.807, 2.05) is 0 Å². The standard InChI is InChI=1S/C15H19NO4/c1-20-15(19)11-8-5-9-12(13(11)17)16-14(18)10-6-3-2-4-7-10/h5,8-10,17H,2-4,6-7H2,1H3,(H,16,18). The molecule has 0 radical (unpaired) electrons. The Balaban J connectivity index is 2.12. The van der Waals surface area contributed by atoms with E-state index in [0.29, 0.717) is 0 Å². The molecular formula is C15H19NO4. The van der Waals surface area contributed by atoms with E-state index < -0.39 is 5.97 Å². The van der Waals surface area contributed by atoms with E-state index in [1.54, 1.807) is 12.1 Å². The maximum absolute atomic E-state index is 12.1. The molecule has 0 heterocycles. The van der Waals surface area contributed by atoms with Crippen LogP contribution < -0.4 is 5.32 Å². The topological polar surface area (TPSA) is 75.6 Å². The number of carbonyl (C=O) groups excluding carboxylic acids is 2. The number of carbonyl (C=O) groups is 2. The predicted molar refractivity (Wildman–Crippen MR) is 74.7 cm³/mol. The van der Waals surface area contributed by atoms with Gasteiger partial charge in [0.2, 0.25) is 5.91 Å². The zero-order chi connectivity index (χ0) is 14.5. The first-order chi connectivity index (χ1) is 9.63. The van der Waals surface area contributed by atoms with Gasteiger partial charge in [-0.25, -0.2) is 4.79 Å². The van der Waals surface area contributed by atoms with E-state index in [2.05, 4.69) is 10.1 Å². The fourth-order valence-electron chi connectivity index (χ4n) is 2.52. The van der Waals surface area contributed by atoms with Gasteiger partial charge in [-0.3, -0.25) is 4.79 Å². The van der Waals surface area contributed by atoms with Crippen LogP contribution in [0.3, 0.4) is 0 Å². The van der Waals surface area contributed by atoms with Crippen molar-refractivity contribution in [1.29, 1.82) is 0 Å². The van der Waals surface area contributed by atoms with E-state index in [4.69, 9.17) is 0 Å². The number of amides is 1. The van der Waals surface area contributed by atoms with Crippen molar-refractivity contribution in [2.24, 2.45) is 5.92 Å². The van der Waals surface area contributed by atoms with E-state index in [9.17, 15) is 14.7 Å². The number of nitrogens with one attached hydrogen (secondary N) is 1. The van der Waals surface area contributed by atoms with Gasteiger partial charge in [0.05, 0.1) is 12.8 Å². The third-order valence-corrected chi connectivity index (χ3v) is 3.68. The molecule has 0 bridgehead atoms. The summed E-state index contributed by atoms with van der Waals surface area (Å²) in [4.78, 5) is 23.6. The summed E-state index contributed by atoms with van der Waals surface area (Å²) in [6.07, 6.45) is 5.05. The summed E-state index contributed by atoms with van der Waals surface area (Å²) in [7, 11) is 1.25. The Kier molecular flexibility index (Phi) is 4.61. The second kappa shape index (κ2) is 6.41. The molecule has 108 valence electrons. The lowest BCUT2D eigenvalue weighted by molar-refractivity contribution is -0.120. The number of benzene rings is 1. The van der Waals surface area contributed by atoms with Gasteiger partial charge in [-0.1, -0.05) is 25.3 Å². The van der Waals surface area contributed by atoms with Crippen LogP contribution in [0.1, 0.15) is 42.5 Å². The number of phenols is 1. The highest BCUT2D eigenvalue weighted by Gasteiger charge is 2.23. The molecule has 1 amide bonds. The van der Waals surface area contributed by atoms with Crippen molar-refractivity contribution in [3.8, 4) is 5.75 Å². The molecule has 2 rings (SSSR count). The van der Waals surface area contributed by atoms with Crippen LogP contribution in [0.5, 0.6) is 5.75 Å². The lowest BCUT2D eigenvalue weighted by atomic mass is 9.88. The summed E-state index contributed by atoms with van der Waals surface area (Å²) in [5, 5.41) is 12.7. The van der Waals surface area contributed by atoms with Crippen LogP contribution in [0.4, 0.5) is 5.69 Å². The molecule has 20 heavy (non-hydrogen) atoms. The van der Waals surface area contributed by atoms with Crippen LogP contribution in [0.15, 0.2) is 18.2 Å². The molecule has 1 aromatic carbocycles. The minimum absolute atomic E-state index is 0.00932. The van der Waals surface area contributed by atoms with Crippen molar-refractivity contribution in [1.82, 2.24) is 0 Å². The second-order valence-corrected chi connectivity index (χ2v) is 5.02. The summed E-state index contributed by atoms with van der Waals surface area (Å²) >= 11 is 0. The zero-order valence-corrected chi connectivity index (χ0v) is 11.5. The molecule has 1 aliphatic rings. The van der Waals surface area contributed by atoms with Crippen LogP contribution in [0.25, 0.3) is 0 Å². The SMILES string of the molecule is COC(=O)c1cccc(NC(=O)C2CCCCC2)c1O. The normalized spacial score (nSPS) is 15.7. The van der Waals surface area contributed by atoms with Gasteiger partial charge in [-0.15, -0.1) is 0 Å². The van der Waals surface area contributed by atoms with Gasteiger partial charge < -0.3 is 15.2 Å². The monoisotopic (exact) mass is 277 g/mol. The van der Waals surface area contributed by atoms with Crippen LogP contribution in [-0.4, -0.2) is 24.1 Å². The van der Waals surface area contributed by atoms with Gasteiger partial charge in [0.1, 0.15) is 5.56 Å². The molecular weight excluding hydrogens is 258 g/mol. The minimum Gasteiger partial charge on any atom is -0.505 e. The number of ether oxygens (including phenoxy) is 1. The predicted octanol–water partition coefficient (Wildman–Crippen LogP) is 2.70. The Hall–Kier alpha value is -2.04. The fraction of sp³-hybridized carbons (Fsp3) is 0.467. The summed E-state index contributed by atoms with van der Waals surface area (Å²) in [5.41, 5.74) is 0.303. The maximum atomic E-state index is 12.1. The lowest BCUT2D eigenvalue weighted by Gasteiger charge is -2.21. The van der Waals surface area contributed by atoms with Crippen molar-refractivity contribution in [2.45, 2.75) is 32.1 Å². The highest BCUT2D eigenvalue weighted by atomic mass is 16.5. The number of phenolic OH excluding ortho intramolecular Hbond substituents is 1. The number of esters is 1. The summed E-state index contributed by atoms with van der Waals surface area (Å²) in [5.74, 6) is -0.980. The summed E-state index contributed by atoms with van der Waals surface area (Å²) < 4.78 is 4.58. The van der Waals surface area contributed by atoms with Gasteiger partial charge in [0, 0.05) is 5.92 Å². The Morgan fingerprint density at radius 2 is 1.95 bits per heavy atom. The molecule has 1 saturated carbocycles. The van der Waals surface area contributed by atoms with Crippen molar-refractivity contribution in [3.63, 3.8) is 0 Å². The maximum Gasteiger partial charge on any atom is 0.341 e. The first kappa shape index (κ1) is 14.4. The third-order valence-electron chi connectivity index (χ3n) is 3.68. The van der Waals surface area contributed by atoms with Crippen LogP contribution in [0, 0.1) is 5.92 Å². The van der Waals surface area contributed by atoms with Crippen LogP contribution in [0.2, 0.25) is 0 Å². The third kappa shape index (κ3) is 3.10. The first-order valence-electron chi connectivity index (χ1n) is 6.84. The Bertz CT molecular complexity index is 507. The largest absolute Gasteiger partial charge is 0.505 e. The highest BCUT2D eigenvalue weighted by Crippen LogP contribution is 2.30. The highest BCUT2D eigenvalue weighted by molar-refractivity contribution is 5.99. The van der Waals surface area contributed by atoms with Crippen molar-refractivity contribution < 1.29 is 19.4 Å². The molecule has 0 atom stereocenters. The summed E-state index contributed by atoms with van der Waals surface area (Å²) in [6.45, 7) is 0.